The molecule has 0 spiro atoms. The highest BCUT2D eigenvalue weighted by molar-refractivity contribution is 7.92. The maximum atomic E-state index is 12.7. The van der Waals surface area contributed by atoms with Crippen molar-refractivity contribution in [2.75, 3.05) is 4.72 Å². The smallest absolute Gasteiger partial charge is 0.265 e. The number of anilines is 1. The largest absolute Gasteiger partial charge is 0.317 e. The van der Waals surface area contributed by atoms with Gasteiger partial charge in [-0.05, 0) is 32.9 Å². The lowest BCUT2D eigenvalue weighted by molar-refractivity contribution is 0.528. The van der Waals surface area contributed by atoms with E-state index < -0.39 is 10.0 Å². The third kappa shape index (κ3) is 3.41. The number of rotatable bonds is 5. The van der Waals surface area contributed by atoms with Crippen LogP contribution in [-0.4, -0.2) is 33.0 Å². The molecule has 9 heteroatoms. The molecule has 0 aliphatic carbocycles. The van der Waals surface area contributed by atoms with Crippen LogP contribution in [0.3, 0.4) is 0 Å². The second-order valence-corrected chi connectivity index (χ2v) is 7.76. The van der Waals surface area contributed by atoms with Gasteiger partial charge in [-0.15, -0.1) is 10.2 Å². The zero-order valence-corrected chi connectivity index (χ0v) is 15.3. The molecule has 1 aromatic carbocycles. The lowest BCUT2D eigenvalue weighted by Gasteiger charge is -2.09. The Morgan fingerprint density at radius 2 is 2.00 bits per heavy atom. The molecule has 0 amide bonds. The zero-order chi connectivity index (χ0) is 18.2. The molecule has 1 N–H and O–H groups in total. The summed E-state index contributed by atoms with van der Waals surface area (Å²) < 4.78 is 31.5. The van der Waals surface area contributed by atoms with Gasteiger partial charge >= 0.3 is 0 Å². The van der Waals surface area contributed by atoms with E-state index in [1.807, 2.05) is 27.0 Å². The summed E-state index contributed by atoms with van der Waals surface area (Å²) in [5.41, 5.74) is 1.69. The molecule has 0 aliphatic heterocycles. The molecule has 25 heavy (non-hydrogen) atoms. The Bertz CT molecular complexity index is 1000. The molecule has 0 bridgehead atoms. The second kappa shape index (κ2) is 6.32. The summed E-state index contributed by atoms with van der Waals surface area (Å²) in [6.07, 6.45) is 3.14. The van der Waals surface area contributed by atoms with Crippen LogP contribution in [0.25, 0.3) is 11.4 Å². The lowest BCUT2D eigenvalue weighted by atomic mass is 10.2. The van der Waals surface area contributed by atoms with E-state index in [2.05, 4.69) is 20.0 Å². The predicted molar refractivity (Wildman–Crippen MR) is 94.6 cm³/mol. The Hall–Kier alpha value is -2.68. The van der Waals surface area contributed by atoms with E-state index in [-0.39, 0.29) is 10.9 Å². The van der Waals surface area contributed by atoms with E-state index in [1.54, 1.807) is 46.9 Å². The minimum Gasteiger partial charge on any atom is -0.317 e. The molecule has 0 atom stereocenters. The van der Waals surface area contributed by atoms with Gasteiger partial charge in [0.05, 0.1) is 5.69 Å². The fraction of sp³-hybridized carbons (Fsp3) is 0.312. The average Bonchev–Trinajstić information content (AvgIpc) is 3.13. The van der Waals surface area contributed by atoms with Gasteiger partial charge in [0, 0.05) is 30.5 Å². The van der Waals surface area contributed by atoms with Crippen LogP contribution in [0.5, 0.6) is 0 Å². The number of aromatic nitrogens is 5. The van der Waals surface area contributed by atoms with Crippen molar-refractivity contribution in [1.82, 2.24) is 24.5 Å². The van der Waals surface area contributed by atoms with Crippen LogP contribution in [0.15, 0.2) is 41.7 Å². The molecule has 2 heterocycles. The van der Waals surface area contributed by atoms with Gasteiger partial charge in [-0.25, -0.2) is 8.42 Å². The molecular formula is C16H20N6O2S. The highest BCUT2D eigenvalue weighted by Gasteiger charge is 2.21. The van der Waals surface area contributed by atoms with Crippen molar-refractivity contribution in [1.29, 1.82) is 0 Å². The van der Waals surface area contributed by atoms with Crippen LogP contribution in [0, 0.1) is 6.92 Å². The van der Waals surface area contributed by atoms with Crippen molar-refractivity contribution in [2.24, 2.45) is 7.05 Å². The first kappa shape index (κ1) is 17.2. The van der Waals surface area contributed by atoms with Crippen LogP contribution >= 0.6 is 0 Å². The topological polar surface area (TPSA) is 94.7 Å². The maximum absolute atomic E-state index is 12.7. The van der Waals surface area contributed by atoms with Crippen molar-refractivity contribution in [3.63, 3.8) is 0 Å². The maximum Gasteiger partial charge on any atom is 0.265 e. The SMILES string of the molecule is Cc1nn(C(C)C)cc1S(=O)(=O)Nc1cccc(-c2nncn2C)c1. The molecule has 0 saturated carbocycles. The highest BCUT2D eigenvalue weighted by atomic mass is 32.2. The van der Waals surface area contributed by atoms with Gasteiger partial charge < -0.3 is 4.57 Å². The molecule has 3 aromatic rings. The van der Waals surface area contributed by atoms with E-state index in [0.717, 1.165) is 5.56 Å². The first-order chi connectivity index (χ1) is 11.8. The van der Waals surface area contributed by atoms with Gasteiger partial charge in [-0.2, -0.15) is 5.10 Å². The Labute approximate surface area is 146 Å². The summed E-state index contributed by atoms with van der Waals surface area (Å²) in [6.45, 7) is 5.57. The number of aryl methyl sites for hydroxylation is 2. The Morgan fingerprint density at radius 3 is 2.60 bits per heavy atom. The average molecular weight is 360 g/mol. The Balaban J connectivity index is 1.93. The monoisotopic (exact) mass is 360 g/mol. The van der Waals surface area contributed by atoms with Crippen LogP contribution < -0.4 is 4.72 Å². The van der Waals surface area contributed by atoms with Crippen LogP contribution in [-0.2, 0) is 17.1 Å². The number of nitrogens with one attached hydrogen (secondary N) is 1. The van der Waals surface area contributed by atoms with E-state index in [0.29, 0.717) is 17.2 Å². The molecule has 3 rings (SSSR count). The summed E-state index contributed by atoms with van der Waals surface area (Å²) in [4.78, 5) is 0.172. The molecule has 0 saturated heterocycles. The number of hydrogen-bond acceptors (Lipinski definition) is 5. The summed E-state index contributed by atoms with van der Waals surface area (Å²) in [6, 6.07) is 7.13. The molecule has 0 radical (unpaired) electrons. The normalized spacial score (nSPS) is 11.9. The van der Waals surface area contributed by atoms with Crippen molar-refractivity contribution in [3.8, 4) is 11.4 Å². The van der Waals surface area contributed by atoms with Gasteiger partial charge in [0.15, 0.2) is 5.82 Å². The van der Waals surface area contributed by atoms with Gasteiger partial charge in [0.25, 0.3) is 10.0 Å². The lowest BCUT2D eigenvalue weighted by Crippen LogP contribution is -2.13. The molecule has 8 nitrogen and oxygen atoms in total. The molecular weight excluding hydrogens is 340 g/mol. The predicted octanol–water partition coefficient (Wildman–Crippen LogP) is 2.37. The molecule has 0 aliphatic rings. The standard InChI is InChI=1S/C16H20N6O2S/c1-11(2)22-9-15(12(3)19-22)25(23,24)20-14-7-5-6-13(8-14)16-18-17-10-21(16)4/h5-11,20H,1-4H3. The van der Waals surface area contributed by atoms with E-state index >= 15 is 0 Å². The van der Waals surface area contributed by atoms with Crippen LogP contribution in [0.2, 0.25) is 0 Å². The van der Waals surface area contributed by atoms with Gasteiger partial charge in [0.2, 0.25) is 0 Å². The van der Waals surface area contributed by atoms with Gasteiger partial charge in [-0.1, -0.05) is 12.1 Å². The summed E-state index contributed by atoms with van der Waals surface area (Å²) >= 11 is 0. The first-order valence-electron chi connectivity index (χ1n) is 7.81. The van der Waals surface area contributed by atoms with E-state index in [1.165, 1.54) is 0 Å². The number of benzene rings is 1. The van der Waals surface area contributed by atoms with Crippen LogP contribution in [0.1, 0.15) is 25.6 Å². The minimum absolute atomic E-state index is 0.0851. The minimum atomic E-state index is -3.73. The summed E-state index contributed by atoms with van der Waals surface area (Å²) in [5.74, 6) is 0.657. The molecule has 2 aromatic heterocycles. The van der Waals surface area contributed by atoms with E-state index in [9.17, 15) is 8.42 Å². The van der Waals surface area contributed by atoms with Crippen molar-refractivity contribution in [2.45, 2.75) is 31.7 Å². The second-order valence-electron chi connectivity index (χ2n) is 6.10. The number of hydrogen-bond donors (Lipinski definition) is 1. The van der Waals surface area contributed by atoms with Crippen molar-refractivity contribution < 1.29 is 8.42 Å². The third-order valence-corrected chi connectivity index (χ3v) is 5.26. The summed E-state index contributed by atoms with van der Waals surface area (Å²) in [5, 5.41) is 12.1. The van der Waals surface area contributed by atoms with Gasteiger partial charge in [-0.3, -0.25) is 9.40 Å². The fourth-order valence-corrected chi connectivity index (χ4v) is 3.69. The first-order valence-corrected chi connectivity index (χ1v) is 9.29. The fourth-order valence-electron chi connectivity index (χ4n) is 2.47. The highest BCUT2D eigenvalue weighted by Crippen LogP contribution is 2.24. The third-order valence-electron chi connectivity index (χ3n) is 3.77. The Kier molecular flexibility index (Phi) is 4.34. The number of sulfonamides is 1. The quantitative estimate of drug-likeness (QED) is 0.754. The van der Waals surface area contributed by atoms with Crippen molar-refractivity contribution >= 4 is 15.7 Å². The van der Waals surface area contributed by atoms with Gasteiger partial charge in [0.1, 0.15) is 11.2 Å². The molecule has 132 valence electrons. The molecule has 0 fully saturated rings. The zero-order valence-electron chi connectivity index (χ0n) is 14.5. The van der Waals surface area contributed by atoms with E-state index in [4.69, 9.17) is 0 Å². The van der Waals surface area contributed by atoms with Crippen LogP contribution in [0.4, 0.5) is 5.69 Å². The molecule has 0 unspecified atom stereocenters. The van der Waals surface area contributed by atoms with Crippen molar-refractivity contribution in [3.05, 3.63) is 42.5 Å². The number of nitrogens with zero attached hydrogens (tertiary/aromatic N) is 5. The Morgan fingerprint density at radius 1 is 1.24 bits per heavy atom. The summed E-state index contributed by atoms with van der Waals surface area (Å²) in [7, 11) is -1.90.